The lowest BCUT2D eigenvalue weighted by Crippen LogP contribution is -2.36. The predicted octanol–water partition coefficient (Wildman–Crippen LogP) is 2.77. The van der Waals surface area contributed by atoms with Crippen LogP contribution in [0.5, 0.6) is 0 Å². The molecule has 2 aromatic rings. The molecule has 7 nitrogen and oxygen atoms in total. The van der Waals surface area contributed by atoms with Crippen molar-refractivity contribution >= 4 is 22.9 Å². The second kappa shape index (κ2) is 7.57. The fourth-order valence-corrected chi connectivity index (χ4v) is 4.00. The number of hydrogen-bond acceptors (Lipinski definition) is 5. The van der Waals surface area contributed by atoms with E-state index in [0.717, 1.165) is 12.8 Å². The summed E-state index contributed by atoms with van der Waals surface area (Å²) in [5.74, 6) is -1.33. The molecule has 0 radical (unpaired) electrons. The van der Waals surface area contributed by atoms with E-state index in [9.17, 15) is 18.8 Å². The topological polar surface area (TPSA) is 81.5 Å². The third-order valence-corrected chi connectivity index (χ3v) is 5.75. The van der Waals surface area contributed by atoms with Crippen LogP contribution in [0.25, 0.3) is 11.0 Å². The highest BCUT2D eigenvalue weighted by Gasteiger charge is 2.30. The van der Waals surface area contributed by atoms with Gasteiger partial charge in [0.1, 0.15) is 17.0 Å². The number of amides is 1. The van der Waals surface area contributed by atoms with Gasteiger partial charge in [-0.3, -0.25) is 9.59 Å². The maximum atomic E-state index is 15.0. The van der Waals surface area contributed by atoms with Gasteiger partial charge >= 0.3 is 5.97 Å². The molecule has 1 saturated heterocycles. The molecular weight excluding hydrogens is 377 g/mol. The fourth-order valence-electron chi connectivity index (χ4n) is 4.00. The summed E-state index contributed by atoms with van der Waals surface area (Å²) >= 11 is 0. The first kappa shape index (κ1) is 19.5. The second-order valence-corrected chi connectivity index (χ2v) is 7.74. The van der Waals surface area contributed by atoms with Crippen LogP contribution < -0.4 is 5.43 Å². The first-order chi connectivity index (χ1) is 13.9. The van der Waals surface area contributed by atoms with Crippen molar-refractivity contribution in [1.82, 2.24) is 14.5 Å². The van der Waals surface area contributed by atoms with E-state index in [2.05, 4.69) is 4.98 Å². The molecule has 1 aliphatic heterocycles. The van der Waals surface area contributed by atoms with Crippen molar-refractivity contribution in [2.24, 2.45) is 0 Å². The van der Waals surface area contributed by atoms with Crippen LogP contribution in [0.1, 0.15) is 67.5 Å². The van der Waals surface area contributed by atoms with Gasteiger partial charge in [0.25, 0.3) is 0 Å². The monoisotopic (exact) mass is 401 g/mol. The van der Waals surface area contributed by atoms with Crippen molar-refractivity contribution in [3.63, 3.8) is 0 Å². The molecule has 0 N–H and O–H groups in total. The molecule has 3 heterocycles. The summed E-state index contributed by atoms with van der Waals surface area (Å²) in [5.41, 5.74) is 0.101. The Bertz CT molecular complexity index is 1040. The lowest BCUT2D eigenvalue weighted by Gasteiger charge is -2.31. The summed E-state index contributed by atoms with van der Waals surface area (Å²) in [5, 5.41) is 0.102. The largest absolute Gasteiger partial charge is 0.462 e. The Morgan fingerprint density at radius 2 is 1.93 bits per heavy atom. The summed E-state index contributed by atoms with van der Waals surface area (Å²) in [6, 6.07) is 1.36. The van der Waals surface area contributed by atoms with Crippen LogP contribution in [0.4, 0.5) is 4.39 Å². The van der Waals surface area contributed by atoms with E-state index in [1.54, 1.807) is 11.8 Å². The number of nitrogens with zero attached hydrogens (tertiary/aromatic N) is 3. The molecule has 29 heavy (non-hydrogen) atoms. The lowest BCUT2D eigenvalue weighted by atomic mass is 9.92. The molecule has 0 unspecified atom stereocenters. The van der Waals surface area contributed by atoms with Gasteiger partial charge < -0.3 is 14.2 Å². The highest BCUT2D eigenvalue weighted by Crippen LogP contribution is 2.37. The maximum absolute atomic E-state index is 15.0. The predicted molar refractivity (Wildman–Crippen MR) is 104 cm³/mol. The standard InChI is InChI=1S/C21H24FN3O4/c1-3-29-21(28)16-11-25(14-4-5-14)20-15(19(16)27)10-17(22)18(23-20)13-6-8-24(9-7-13)12(2)26/h10-11,13-14H,3-9H2,1-2H3. The minimum atomic E-state index is -0.699. The summed E-state index contributed by atoms with van der Waals surface area (Å²) < 4.78 is 21.8. The lowest BCUT2D eigenvalue weighted by molar-refractivity contribution is -0.129. The van der Waals surface area contributed by atoms with E-state index in [-0.39, 0.29) is 35.4 Å². The average Bonchev–Trinajstić information content (AvgIpc) is 3.53. The zero-order chi connectivity index (χ0) is 20.7. The number of esters is 1. The zero-order valence-corrected chi connectivity index (χ0v) is 16.6. The molecule has 1 saturated carbocycles. The number of fused-ring (bicyclic) bond motifs is 1. The Morgan fingerprint density at radius 1 is 1.24 bits per heavy atom. The van der Waals surface area contributed by atoms with Crippen LogP contribution in [0.15, 0.2) is 17.1 Å². The highest BCUT2D eigenvalue weighted by atomic mass is 19.1. The smallest absolute Gasteiger partial charge is 0.343 e. The molecule has 0 aromatic carbocycles. The van der Waals surface area contributed by atoms with E-state index in [1.807, 2.05) is 4.57 Å². The van der Waals surface area contributed by atoms with Crippen LogP contribution in [0.3, 0.4) is 0 Å². The number of aromatic nitrogens is 2. The summed E-state index contributed by atoms with van der Waals surface area (Å²) in [7, 11) is 0. The zero-order valence-electron chi connectivity index (χ0n) is 16.6. The second-order valence-electron chi connectivity index (χ2n) is 7.74. The van der Waals surface area contributed by atoms with Gasteiger partial charge in [-0.2, -0.15) is 0 Å². The van der Waals surface area contributed by atoms with Crippen molar-refractivity contribution in [1.29, 1.82) is 0 Å². The molecule has 0 bridgehead atoms. The van der Waals surface area contributed by atoms with Gasteiger partial charge in [-0.25, -0.2) is 14.2 Å². The van der Waals surface area contributed by atoms with E-state index >= 15 is 0 Å². The number of hydrogen-bond donors (Lipinski definition) is 0. The van der Waals surface area contributed by atoms with Crippen LogP contribution >= 0.6 is 0 Å². The Kier molecular flexibility index (Phi) is 5.10. The van der Waals surface area contributed by atoms with E-state index in [4.69, 9.17) is 4.74 Å². The number of likely N-dealkylation sites (tertiary alicyclic amines) is 1. The van der Waals surface area contributed by atoms with E-state index < -0.39 is 17.2 Å². The molecule has 2 fully saturated rings. The number of ether oxygens (including phenoxy) is 1. The minimum Gasteiger partial charge on any atom is -0.462 e. The normalized spacial score (nSPS) is 17.6. The molecule has 8 heteroatoms. The quantitative estimate of drug-likeness (QED) is 0.736. The molecular formula is C21H24FN3O4. The van der Waals surface area contributed by atoms with E-state index in [1.165, 1.54) is 19.2 Å². The third kappa shape index (κ3) is 3.63. The van der Waals surface area contributed by atoms with Crippen LogP contribution in [-0.2, 0) is 9.53 Å². The van der Waals surface area contributed by atoms with Gasteiger partial charge in [-0.15, -0.1) is 0 Å². The number of carbonyl (C=O) groups is 2. The van der Waals surface area contributed by atoms with Crippen molar-refractivity contribution in [3.05, 3.63) is 39.6 Å². The first-order valence-corrected chi connectivity index (χ1v) is 10.1. The Hall–Kier alpha value is -2.77. The van der Waals surface area contributed by atoms with Gasteiger partial charge in [-0.05, 0) is 38.7 Å². The van der Waals surface area contributed by atoms with Crippen molar-refractivity contribution < 1.29 is 18.7 Å². The molecule has 1 aliphatic carbocycles. The number of piperidine rings is 1. The Morgan fingerprint density at radius 3 is 2.52 bits per heavy atom. The molecule has 0 spiro atoms. The van der Waals surface area contributed by atoms with Crippen LogP contribution in [-0.4, -0.2) is 46.0 Å². The van der Waals surface area contributed by atoms with Gasteiger partial charge in [-0.1, -0.05) is 0 Å². The minimum absolute atomic E-state index is 0.0180. The van der Waals surface area contributed by atoms with Crippen molar-refractivity contribution in [3.8, 4) is 0 Å². The number of rotatable bonds is 4. The number of pyridine rings is 2. The molecule has 2 aliphatic rings. The molecule has 1 amide bonds. The summed E-state index contributed by atoms with van der Waals surface area (Å²) in [6.07, 6.45) is 4.61. The van der Waals surface area contributed by atoms with Crippen molar-refractivity contribution in [2.45, 2.75) is 51.5 Å². The van der Waals surface area contributed by atoms with Crippen molar-refractivity contribution in [2.75, 3.05) is 19.7 Å². The molecule has 154 valence electrons. The SMILES string of the molecule is CCOC(=O)c1cn(C2CC2)c2nc(C3CCN(C(C)=O)CC3)c(F)cc2c1=O. The average molecular weight is 401 g/mol. The van der Waals surface area contributed by atoms with Gasteiger partial charge in [0.05, 0.1) is 17.7 Å². The Balaban J connectivity index is 1.78. The van der Waals surface area contributed by atoms with Gasteiger partial charge in [0, 0.05) is 38.2 Å². The number of carbonyl (C=O) groups excluding carboxylic acids is 2. The number of halogens is 1. The van der Waals surface area contributed by atoms with Crippen LogP contribution in [0, 0.1) is 5.82 Å². The molecule has 2 aromatic heterocycles. The highest BCUT2D eigenvalue weighted by molar-refractivity contribution is 5.93. The first-order valence-electron chi connectivity index (χ1n) is 10.1. The third-order valence-electron chi connectivity index (χ3n) is 5.75. The molecule has 0 atom stereocenters. The summed E-state index contributed by atoms with van der Waals surface area (Å²) in [6.45, 7) is 4.49. The summed E-state index contributed by atoms with van der Waals surface area (Å²) in [4.78, 5) is 42.9. The van der Waals surface area contributed by atoms with Crippen LogP contribution in [0.2, 0.25) is 0 Å². The van der Waals surface area contributed by atoms with E-state index in [0.29, 0.717) is 37.3 Å². The van der Waals surface area contributed by atoms with Gasteiger partial charge in [0.2, 0.25) is 11.3 Å². The fraction of sp³-hybridized carbons (Fsp3) is 0.524. The Labute approximate surface area is 167 Å². The molecule has 4 rings (SSSR count). The maximum Gasteiger partial charge on any atom is 0.343 e. The van der Waals surface area contributed by atoms with Gasteiger partial charge in [0.15, 0.2) is 0 Å².